The molecule has 2 aromatic heterocycles. The highest BCUT2D eigenvalue weighted by Crippen LogP contribution is 2.28. The number of fused-ring (bicyclic) bond motifs is 2. The van der Waals surface area contributed by atoms with E-state index in [-0.39, 0.29) is 11.5 Å². The minimum absolute atomic E-state index is 0.0890. The van der Waals surface area contributed by atoms with Crippen LogP contribution in [0.5, 0.6) is 0 Å². The van der Waals surface area contributed by atoms with E-state index in [4.69, 9.17) is 0 Å². The van der Waals surface area contributed by atoms with Gasteiger partial charge in [-0.3, -0.25) is 9.89 Å². The maximum Gasteiger partial charge on any atom is 0.282 e. The molecule has 3 heterocycles. The summed E-state index contributed by atoms with van der Waals surface area (Å²) in [6, 6.07) is 3.96. The van der Waals surface area contributed by atoms with E-state index in [1.165, 1.54) is 22.8 Å². The molecule has 9 heteroatoms. The molecule has 1 aliphatic rings. The zero-order valence-corrected chi connectivity index (χ0v) is 13.0. The van der Waals surface area contributed by atoms with E-state index in [1.807, 2.05) is 0 Å². The van der Waals surface area contributed by atoms with Gasteiger partial charge in [0.1, 0.15) is 23.0 Å². The number of aromatic amines is 1. The van der Waals surface area contributed by atoms with E-state index in [9.17, 15) is 18.0 Å². The lowest BCUT2D eigenvalue weighted by Crippen LogP contribution is -2.22. The van der Waals surface area contributed by atoms with E-state index < -0.39 is 23.8 Å². The van der Waals surface area contributed by atoms with Gasteiger partial charge in [0.15, 0.2) is 5.82 Å². The second-order valence-corrected chi connectivity index (χ2v) is 5.89. The second-order valence-electron chi connectivity index (χ2n) is 5.89. The first kappa shape index (κ1) is 15.7. The maximum absolute atomic E-state index is 13.4. The van der Waals surface area contributed by atoms with Crippen molar-refractivity contribution in [1.29, 1.82) is 0 Å². The van der Waals surface area contributed by atoms with Gasteiger partial charge >= 0.3 is 0 Å². The van der Waals surface area contributed by atoms with Crippen LogP contribution in [0.25, 0.3) is 10.9 Å². The summed E-state index contributed by atoms with van der Waals surface area (Å²) in [6.45, 7) is 0.466. The Morgan fingerprint density at radius 1 is 1.32 bits per heavy atom. The highest BCUT2D eigenvalue weighted by molar-refractivity contribution is 6.07. The Labute approximate surface area is 140 Å². The number of aromatic nitrogens is 4. The van der Waals surface area contributed by atoms with Crippen LogP contribution in [-0.4, -0.2) is 25.7 Å². The molecule has 2 N–H and O–H groups in total. The molecule has 0 aliphatic carbocycles. The smallest absolute Gasteiger partial charge is 0.282 e. The third-order valence-electron chi connectivity index (χ3n) is 4.28. The molecule has 0 atom stereocenters. The monoisotopic (exact) mass is 349 g/mol. The molecule has 0 spiro atoms. The van der Waals surface area contributed by atoms with Crippen LogP contribution in [0.1, 0.15) is 41.3 Å². The number of imidazole rings is 1. The van der Waals surface area contributed by atoms with Crippen LogP contribution >= 0.6 is 0 Å². The Balaban J connectivity index is 1.73. The van der Waals surface area contributed by atoms with Crippen LogP contribution in [-0.2, 0) is 13.0 Å². The fourth-order valence-corrected chi connectivity index (χ4v) is 3.14. The Hall–Kier alpha value is -2.84. The molecular weight excluding hydrogens is 335 g/mol. The summed E-state index contributed by atoms with van der Waals surface area (Å²) in [4.78, 5) is 16.6. The van der Waals surface area contributed by atoms with Gasteiger partial charge in [0.05, 0.1) is 5.52 Å². The number of nitrogens with zero attached hydrogens (tertiary/aromatic N) is 3. The average Bonchev–Trinajstić information content (AvgIpc) is 3.16. The minimum Gasteiger partial charge on any atom is -0.324 e. The molecule has 0 radical (unpaired) electrons. The first-order chi connectivity index (χ1) is 12.0. The molecule has 0 unspecified atom stereocenters. The summed E-state index contributed by atoms with van der Waals surface area (Å²) in [5, 5.41) is 9.46. The molecule has 1 aliphatic heterocycles. The van der Waals surface area contributed by atoms with Crippen molar-refractivity contribution in [3.05, 3.63) is 41.2 Å². The molecule has 0 saturated carbocycles. The largest absolute Gasteiger partial charge is 0.324 e. The number of hydrogen-bond donors (Lipinski definition) is 2. The van der Waals surface area contributed by atoms with Crippen molar-refractivity contribution in [3.8, 4) is 0 Å². The first-order valence-corrected chi connectivity index (χ1v) is 7.87. The quantitative estimate of drug-likeness (QED) is 0.761. The van der Waals surface area contributed by atoms with Gasteiger partial charge in [-0.1, -0.05) is 0 Å². The van der Waals surface area contributed by atoms with Crippen LogP contribution < -0.4 is 5.32 Å². The molecule has 6 nitrogen and oxygen atoms in total. The van der Waals surface area contributed by atoms with Gasteiger partial charge in [0.2, 0.25) is 0 Å². The van der Waals surface area contributed by atoms with Gasteiger partial charge in [-0.25, -0.2) is 18.2 Å². The van der Waals surface area contributed by atoms with Crippen LogP contribution in [0.3, 0.4) is 0 Å². The highest BCUT2D eigenvalue weighted by Gasteiger charge is 2.29. The number of H-pyrrole nitrogens is 1. The average molecular weight is 349 g/mol. The second kappa shape index (κ2) is 5.91. The zero-order valence-electron chi connectivity index (χ0n) is 13.0. The fraction of sp³-hybridized carbons (Fsp3) is 0.312. The lowest BCUT2D eigenvalue weighted by atomic mass is 10.1. The number of nitrogens with one attached hydrogen (secondary N) is 2. The Morgan fingerprint density at radius 2 is 2.16 bits per heavy atom. The SMILES string of the molecule is O=C(Nc1n[nH]c2ccc(F)cc12)c1c(C(F)F)nc2n1CCCC2. The number of rotatable bonds is 3. The number of aryl methyl sites for hydroxylation is 1. The van der Waals surface area contributed by atoms with E-state index in [2.05, 4.69) is 20.5 Å². The molecule has 4 rings (SSSR count). The van der Waals surface area contributed by atoms with Crippen LogP contribution in [0.2, 0.25) is 0 Å². The Bertz CT molecular complexity index is 962. The van der Waals surface area contributed by atoms with E-state index >= 15 is 0 Å². The molecule has 1 amide bonds. The summed E-state index contributed by atoms with van der Waals surface area (Å²) in [5.74, 6) is -0.635. The maximum atomic E-state index is 13.4. The number of hydrogen-bond acceptors (Lipinski definition) is 3. The van der Waals surface area contributed by atoms with Gasteiger partial charge in [-0.05, 0) is 31.0 Å². The van der Waals surface area contributed by atoms with Gasteiger partial charge in [0, 0.05) is 18.4 Å². The molecular formula is C16H14F3N5O. The third-order valence-corrected chi connectivity index (χ3v) is 4.28. The normalized spacial score (nSPS) is 14.1. The van der Waals surface area contributed by atoms with Crippen molar-refractivity contribution >= 4 is 22.6 Å². The summed E-state index contributed by atoms with van der Waals surface area (Å²) in [7, 11) is 0. The predicted octanol–water partition coefficient (Wildman–Crippen LogP) is 3.42. The van der Waals surface area contributed by atoms with Gasteiger partial charge < -0.3 is 9.88 Å². The van der Waals surface area contributed by atoms with Crippen molar-refractivity contribution < 1.29 is 18.0 Å². The van der Waals surface area contributed by atoms with Crippen molar-refractivity contribution in [2.45, 2.75) is 32.2 Å². The summed E-state index contributed by atoms with van der Waals surface area (Å²) >= 11 is 0. The van der Waals surface area contributed by atoms with E-state index in [0.717, 1.165) is 12.8 Å². The van der Waals surface area contributed by atoms with Crippen molar-refractivity contribution in [3.63, 3.8) is 0 Å². The third kappa shape index (κ3) is 2.65. The number of halogens is 3. The van der Waals surface area contributed by atoms with Crippen molar-refractivity contribution in [2.75, 3.05) is 5.32 Å². The summed E-state index contributed by atoms with van der Waals surface area (Å²) in [5.41, 5.74) is -0.154. The minimum atomic E-state index is -2.85. The van der Waals surface area contributed by atoms with Gasteiger partial charge in [-0.15, -0.1) is 0 Å². The molecule has 0 fully saturated rings. The van der Waals surface area contributed by atoms with Gasteiger partial charge in [-0.2, -0.15) is 5.10 Å². The lowest BCUT2D eigenvalue weighted by molar-refractivity contribution is 0.0995. The zero-order chi connectivity index (χ0) is 17.6. The van der Waals surface area contributed by atoms with Gasteiger partial charge in [0.25, 0.3) is 12.3 Å². The van der Waals surface area contributed by atoms with Crippen molar-refractivity contribution in [2.24, 2.45) is 0 Å². The number of anilines is 1. The van der Waals surface area contributed by atoms with Crippen LogP contribution in [0.4, 0.5) is 19.0 Å². The number of amides is 1. The molecule has 1 aromatic carbocycles. The molecule has 130 valence electrons. The van der Waals surface area contributed by atoms with Crippen LogP contribution in [0, 0.1) is 5.82 Å². The number of carbonyl (C=O) groups excluding carboxylic acids is 1. The highest BCUT2D eigenvalue weighted by atomic mass is 19.3. The number of carbonyl (C=O) groups is 1. The number of alkyl halides is 2. The molecule has 25 heavy (non-hydrogen) atoms. The number of benzene rings is 1. The molecule has 3 aromatic rings. The molecule has 0 bridgehead atoms. The Kier molecular flexibility index (Phi) is 3.70. The summed E-state index contributed by atoms with van der Waals surface area (Å²) < 4.78 is 41.6. The lowest BCUT2D eigenvalue weighted by Gasteiger charge is -2.16. The standard InChI is InChI=1S/C16H14F3N5O/c17-8-4-5-10-9(7-8)15(23-22-10)21-16(25)13-12(14(18)19)20-11-3-1-2-6-24(11)13/h4-5,7,14H,1-3,6H2,(H2,21,22,23,25). The van der Waals surface area contributed by atoms with Crippen molar-refractivity contribution in [1.82, 2.24) is 19.7 Å². The fourth-order valence-electron chi connectivity index (χ4n) is 3.14. The molecule has 0 saturated heterocycles. The summed E-state index contributed by atoms with van der Waals surface area (Å²) in [6.07, 6.45) is -0.650. The van der Waals surface area contributed by atoms with E-state index in [1.54, 1.807) is 0 Å². The van der Waals surface area contributed by atoms with Crippen LogP contribution in [0.15, 0.2) is 18.2 Å². The first-order valence-electron chi connectivity index (χ1n) is 7.87. The predicted molar refractivity (Wildman–Crippen MR) is 84.1 cm³/mol. The topological polar surface area (TPSA) is 75.6 Å². The van der Waals surface area contributed by atoms with E-state index in [0.29, 0.717) is 29.7 Å². The Morgan fingerprint density at radius 3 is 2.96 bits per heavy atom.